The minimum atomic E-state index is -0.480. The van der Waals surface area contributed by atoms with Gasteiger partial charge in [-0.05, 0) is 49.7 Å². The van der Waals surface area contributed by atoms with Crippen LogP contribution in [-0.4, -0.2) is 34.2 Å². The van der Waals surface area contributed by atoms with Crippen LogP contribution in [0.15, 0.2) is 47.5 Å². The summed E-state index contributed by atoms with van der Waals surface area (Å²) in [6.07, 6.45) is 0.0861. The van der Waals surface area contributed by atoms with Gasteiger partial charge in [0.2, 0.25) is 11.8 Å². The highest BCUT2D eigenvalue weighted by Crippen LogP contribution is 2.31. The summed E-state index contributed by atoms with van der Waals surface area (Å²) in [4.78, 5) is 30.9. The second kappa shape index (κ2) is 8.15. The molecule has 1 saturated heterocycles. The zero-order chi connectivity index (χ0) is 19.6. The molecule has 0 bridgehead atoms. The van der Waals surface area contributed by atoms with Gasteiger partial charge in [-0.2, -0.15) is 0 Å². The Balaban J connectivity index is 1.67. The van der Waals surface area contributed by atoms with Crippen molar-refractivity contribution in [1.82, 2.24) is 4.90 Å². The predicted molar refractivity (Wildman–Crippen MR) is 112 cm³/mol. The molecule has 0 radical (unpaired) electrons. The Morgan fingerprint density at radius 2 is 1.93 bits per heavy atom. The molecule has 7 heteroatoms. The Hall–Kier alpha value is -2.31. The number of anilines is 1. The number of hydrogen-bond acceptors (Lipinski definition) is 4. The third kappa shape index (κ3) is 4.70. The number of rotatable bonds is 4. The SMILES string of the molecule is Cc1ccc(N=C2S[C@@H](CC(=O)Nc3ccc(Cl)cc3C)C(=O)N2C)cc1. The summed E-state index contributed by atoms with van der Waals surface area (Å²) in [5.74, 6) is -0.329. The maximum atomic E-state index is 12.5. The quantitative estimate of drug-likeness (QED) is 0.817. The topological polar surface area (TPSA) is 61.8 Å². The average molecular weight is 402 g/mol. The number of carbonyl (C=O) groups excluding carboxylic acids is 2. The first kappa shape index (κ1) is 19.5. The molecule has 3 rings (SSSR count). The third-order valence-corrected chi connectivity index (χ3v) is 5.70. The van der Waals surface area contributed by atoms with Crippen LogP contribution in [0.3, 0.4) is 0 Å². The molecule has 0 unspecified atom stereocenters. The molecule has 5 nitrogen and oxygen atoms in total. The number of aliphatic imine (C=N–C) groups is 1. The zero-order valence-corrected chi connectivity index (χ0v) is 16.9. The van der Waals surface area contributed by atoms with E-state index >= 15 is 0 Å². The van der Waals surface area contributed by atoms with Crippen molar-refractivity contribution in [3.05, 3.63) is 58.6 Å². The molecule has 1 N–H and O–H groups in total. The van der Waals surface area contributed by atoms with Crippen LogP contribution in [0.1, 0.15) is 17.5 Å². The number of amidine groups is 1. The van der Waals surface area contributed by atoms with Gasteiger partial charge >= 0.3 is 0 Å². The molecule has 1 atom stereocenters. The summed E-state index contributed by atoms with van der Waals surface area (Å²) in [5, 5.41) is 3.59. The lowest BCUT2D eigenvalue weighted by Gasteiger charge is -2.11. The number of hydrogen-bond donors (Lipinski definition) is 1. The smallest absolute Gasteiger partial charge is 0.242 e. The van der Waals surface area contributed by atoms with Gasteiger partial charge in [0, 0.05) is 24.2 Å². The lowest BCUT2D eigenvalue weighted by atomic mass is 10.2. The van der Waals surface area contributed by atoms with Gasteiger partial charge in [-0.25, -0.2) is 4.99 Å². The van der Waals surface area contributed by atoms with Crippen molar-refractivity contribution in [2.45, 2.75) is 25.5 Å². The minimum Gasteiger partial charge on any atom is -0.326 e. The minimum absolute atomic E-state index is 0.0861. The van der Waals surface area contributed by atoms with Gasteiger partial charge in [-0.15, -0.1) is 0 Å². The summed E-state index contributed by atoms with van der Waals surface area (Å²) >= 11 is 7.25. The summed E-state index contributed by atoms with van der Waals surface area (Å²) in [6.45, 7) is 3.88. The number of thioether (sulfide) groups is 1. The largest absolute Gasteiger partial charge is 0.326 e. The van der Waals surface area contributed by atoms with E-state index in [1.165, 1.54) is 16.7 Å². The predicted octanol–water partition coefficient (Wildman–Crippen LogP) is 4.55. The Bertz CT molecular complexity index is 912. The Morgan fingerprint density at radius 3 is 2.59 bits per heavy atom. The van der Waals surface area contributed by atoms with Crippen LogP contribution in [0.25, 0.3) is 0 Å². The first-order valence-corrected chi connectivity index (χ1v) is 9.75. The Kier molecular flexibility index (Phi) is 5.87. The van der Waals surface area contributed by atoms with Crippen molar-refractivity contribution in [3.8, 4) is 0 Å². The van der Waals surface area contributed by atoms with Crippen LogP contribution in [0, 0.1) is 13.8 Å². The molecule has 0 spiro atoms. The number of nitrogens with one attached hydrogen (secondary N) is 1. The lowest BCUT2D eigenvalue weighted by Crippen LogP contribution is -2.30. The van der Waals surface area contributed by atoms with Gasteiger partial charge in [0.1, 0.15) is 5.25 Å². The van der Waals surface area contributed by atoms with Crippen LogP contribution in [0.5, 0.6) is 0 Å². The van der Waals surface area contributed by atoms with Crippen molar-refractivity contribution in [3.63, 3.8) is 0 Å². The third-order valence-electron chi connectivity index (χ3n) is 4.23. The first-order valence-electron chi connectivity index (χ1n) is 8.49. The molecular weight excluding hydrogens is 382 g/mol. The molecule has 1 aliphatic rings. The van der Waals surface area contributed by atoms with E-state index in [1.807, 2.05) is 38.1 Å². The van der Waals surface area contributed by atoms with Gasteiger partial charge in [0.25, 0.3) is 0 Å². The summed E-state index contributed by atoms with van der Waals surface area (Å²) in [7, 11) is 1.68. The molecule has 2 aromatic carbocycles. The van der Waals surface area contributed by atoms with Gasteiger partial charge in [0.15, 0.2) is 5.17 Å². The fourth-order valence-electron chi connectivity index (χ4n) is 2.66. The van der Waals surface area contributed by atoms with Crippen molar-refractivity contribution in [1.29, 1.82) is 0 Å². The average Bonchev–Trinajstić information content (AvgIpc) is 2.87. The molecular formula is C20H20ClN3O2S. The van der Waals surface area contributed by atoms with Crippen molar-refractivity contribution >= 4 is 51.7 Å². The van der Waals surface area contributed by atoms with E-state index < -0.39 is 5.25 Å². The van der Waals surface area contributed by atoms with Crippen LogP contribution in [-0.2, 0) is 9.59 Å². The summed E-state index contributed by atoms with van der Waals surface area (Å²) < 4.78 is 0. The number of amides is 2. The normalized spacial score (nSPS) is 18.2. The second-order valence-corrected chi connectivity index (χ2v) is 8.05. The maximum Gasteiger partial charge on any atom is 0.242 e. The number of carbonyl (C=O) groups is 2. The van der Waals surface area contributed by atoms with Crippen LogP contribution in [0.2, 0.25) is 5.02 Å². The Labute approximate surface area is 167 Å². The summed E-state index contributed by atoms with van der Waals surface area (Å²) in [6, 6.07) is 13.0. The van der Waals surface area contributed by atoms with E-state index in [2.05, 4.69) is 10.3 Å². The summed E-state index contributed by atoms with van der Waals surface area (Å²) in [5.41, 5.74) is 3.50. The van der Waals surface area contributed by atoms with Crippen molar-refractivity contribution in [2.75, 3.05) is 12.4 Å². The molecule has 27 heavy (non-hydrogen) atoms. The van der Waals surface area contributed by atoms with E-state index in [4.69, 9.17) is 11.6 Å². The molecule has 1 aliphatic heterocycles. The van der Waals surface area contributed by atoms with Gasteiger partial charge in [-0.1, -0.05) is 41.1 Å². The standard InChI is InChI=1S/C20H20ClN3O2S/c1-12-4-7-15(8-5-12)22-20-24(3)19(26)17(27-20)11-18(25)23-16-9-6-14(21)10-13(16)2/h4-10,17H,11H2,1-3H3,(H,23,25)/t17-/m0/s1. The van der Waals surface area contributed by atoms with Crippen molar-refractivity contribution < 1.29 is 9.59 Å². The Morgan fingerprint density at radius 1 is 1.22 bits per heavy atom. The molecule has 0 aromatic heterocycles. The number of nitrogens with zero attached hydrogens (tertiary/aromatic N) is 2. The number of benzene rings is 2. The number of aryl methyl sites for hydroxylation is 2. The molecule has 2 amide bonds. The van der Waals surface area contributed by atoms with E-state index in [9.17, 15) is 9.59 Å². The maximum absolute atomic E-state index is 12.5. The van der Waals surface area contributed by atoms with E-state index in [1.54, 1.807) is 25.2 Å². The first-order chi connectivity index (χ1) is 12.8. The monoisotopic (exact) mass is 401 g/mol. The molecule has 140 valence electrons. The molecule has 2 aromatic rings. The molecule has 0 saturated carbocycles. The van der Waals surface area contributed by atoms with E-state index in [-0.39, 0.29) is 18.2 Å². The lowest BCUT2D eigenvalue weighted by molar-refractivity contribution is -0.127. The van der Waals surface area contributed by atoms with Crippen LogP contribution in [0.4, 0.5) is 11.4 Å². The fourth-order valence-corrected chi connectivity index (χ4v) is 4.04. The number of halogens is 1. The molecule has 0 aliphatic carbocycles. The van der Waals surface area contributed by atoms with Crippen molar-refractivity contribution in [2.24, 2.45) is 4.99 Å². The van der Waals surface area contributed by atoms with Crippen LogP contribution < -0.4 is 5.32 Å². The fraction of sp³-hybridized carbons (Fsp3) is 0.250. The highest BCUT2D eigenvalue weighted by Gasteiger charge is 2.37. The highest BCUT2D eigenvalue weighted by molar-refractivity contribution is 8.15. The van der Waals surface area contributed by atoms with Gasteiger partial charge < -0.3 is 5.32 Å². The second-order valence-electron chi connectivity index (χ2n) is 6.45. The molecule has 1 heterocycles. The highest BCUT2D eigenvalue weighted by atomic mass is 35.5. The van der Waals surface area contributed by atoms with Gasteiger partial charge in [-0.3, -0.25) is 14.5 Å². The zero-order valence-electron chi connectivity index (χ0n) is 15.3. The van der Waals surface area contributed by atoms with Crippen LogP contribution >= 0.6 is 23.4 Å². The van der Waals surface area contributed by atoms with E-state index in [0.717, 1.165) is 16.8 Å². The van der Waals surface area contributed by atoms with Gasteiger partial charge in [0.05, 0.1) is 5.69 Å². The molecule has 1 fully saturated rings. The van der Waals surface area contributed by atoms with E-state index in [0.29, 0.717) is 15.9 Å².